The molecule has 1 aliphatic heterocycles. The highest BCUT2D eigenvalue weighted by Crippen LogP contribution is 2.15. The van der Waals surface area contributed by atoms with Gasteiger partial charge in [-0.3, -0.25) is 9.59 Å². The topological polar surface area (TPSA) is 40.6 Å². The van der Waals surface area contributed by atoms with Gasteiger partial charge >= 0.3 is 0 Å². The lowest BCUT2D eigenvalue weighted by Crippen LogP contribution is -2.50. The molecule has 4 nitrogen and oxygen atoms in total. The molecule has 1 aliphatic rings. The first-order valence-corrected chi connectivity index (χ1v) is 11.6. The highest BCUT2D eigenvalue weighted by molar-refractivity contribution is 7.98. The predicted octanol–water partition coefficient (Wildman–Crippen LogP) is 4.25. The van der Waals surface area contributed by atoms with E-state index >= 15 is 0 Å². The second kappa shape index (κ2) is 11.1. The molecule has 0 aromatic heterocycles. The van der Waals surface area contributed by atoms with E-state index in [0.717, 1.165) is 29.9 Å². The highest BCUT2D eigenvalue weighted by atomic mass is 32.2. The fraction of sp³-hybridized carbons (Fsp3) is 0.417. The molecule has 0 unspecified atom stereocenters. The van der Waals surface area contributed by atoms with E-state index < -0.39 is 0 Å². The molecule has 29 heavy (non-hydrogen) atoms. The third-order valence-corrected chi connectivity index (χ3v) is 6.24. The van der Waals surface area contributed by atoms with Crippen LogP contribution in [0.5, 0.6) is 0 Å². The third-order valence-electron chi connectivity index (χ3n) is 5.29. The van der Waals surface area contributed by atoms with Crippen molar-refractivity contribution in [3.63, 3.8) is 0 Å². The van der Waals surface area contributed by atoms with Gasteiger partial charge in [-0.05, 0) is 41.9 Å². The minimum absolute atomic E-state index is 0.0656. The maximum atomic E-state index is 12.7. The quantitative estimate of drug-likeness (QED) is 0.653. The molecular formula is C24H30N2O2S. The smallest absolute Gasteiger partial charge is 0.253 e. The molecule has 0 N–H and O–H groups in total. The van der Waals surface area contributed by atoms with E-state index in [1.165, 1.54) is 11.1 Å². The van der Waals surface area contributed by atoms with Crippen LogP contribution in [-0.4, -0.2) is 53.5 Å². The molecule has 154 valence electrons. The van der Waals surface area contributed by atoms with Gasteiger partial charge in [0.2, 0.25) is 5.91 Å². The van der Waals surface area contributed by atoms with E-state index in [2.05, 4.69) is 19.1 Å². The number of hydrogen-bond acceptors (Lipinski definition) is 3. The van der Waals surface area contributed by atoms with Gasteiger partial charge in [-0.1, -0.05) is 49.4 Å². The Morgan fingerprint density at radius 3 is 2.17 bits per heavy atom. The normalized spacial score (nSPS) is 14.1. The summed E-state index contributed by atoms with van der Waals surface area (Å²) >= 11 is 1.88. The number of thioether (sulfide) groups is 1. The van der Waals surface area contributed by atoms with E-state index in [9.17, 15) is 9.59 Å². The number of carbonyl (C=O) groups is 2. The molecule has 0 saturated carbocycles. The van der Waals surface area contributed by atoms with Gasteiger partial charge in [0.05, 0.1) is 0 Å². The Bertz CT molecular complexity index is 784. The van der Waals surface area contributed by atoms with E-state index in [-0.39, 0.29) is 11.8 Å². The van der Waals surface area contributed by atoms with E-state index in [1.54, 1.807) is 0 Å². The van der Waals surface area contributed by atoms with E-state index in [0.29, 0.717) is 32.6 Å². The molecule has 1 heterocycles. The van der Waals surface area contributed by atoms with Gasteiger partial charge in [0.1, 0.15) is 0 Å². The molecule has 3 rings (SSSR count). The molecule has 1 fully saturated rings. The van der Waals surface area contributed by atoms with Crippen molar-refractivity contribution in [2.75, 3.05) is 31.9 Å². The zero-order chi connectivity index (χ0) is 20.5. The zero-order valence-corrected chi connectivity index (χ0v) is 18.0. The Labute approximate surface area is 178 Å². The van der Waals surface area contributed by atoms with Crippen LogP contribution in [0, 0.1) is 0 Å². The molecule has 1 saturated heterocycles. The molecule has 0 aliphatic carbocycles. The van der Waals surface area contributed by atoms with Crippen molar-refractivity contribution in [3.05, 3.63) is 71.3 Å². The van der Waals surface area contributed by atoms with Gasteiger partial charge in [-0.25, -0.2) is 0 Å². The number of nitrogens with zero attached hydrogens (tertiary/aromatic N) is 2. The van der Waals surface area contributed by atoms with E-state index in [1.807, 2.05) is 64.0 Å². The largest absolute Gasteiger partial charge is 0.339 e. The van der Waals surface area contributed by atoms with Crippen LogP contribution in [0.2, 0.25) is 0 Å². The molecule has 2 amide bonds. The lowest BCUT2D eigenvalue weighted by atomic mass is 10.1. The van der Waals surface area contributed by atoms with Crippen LogP contribution in [0.15, 0.2) is 54.6 Å². The van der Waals surface area contributed by atoms with Crippen LogP contribution in [-0.2, 0) is 17.0 Å². The van der Waals surface area contributed by atoms with Crippen LogP contribution in [0.25, 0.3) is 0 Å². The van der Waals surface area contributed by atoms with Crippen molar-refractivity contribution < 1.29 is 9.59 Å². The Morgan fingerprint density at radius 1 is 0.862 bits per heavy atom. The fourth-order valence-corrected chi connectivity index (χ4v) is 4.18. The Balaban J connectivity index is 1.42. The van der Waals surface area contributed by atoms with Crippen LogP contribution >= 0.6 is 11.8 Å². The van der Waals surface area contributed by atoms with Gasteiger partial charge in [0.25, 0.3) is 5.91 Å². The average molecular weight is 411 g/mol. The summed E-state index contributed by atoms with van der Waals surface area (Å²) in [5.74, 6) is 2.34. The maximum absolute atomic E-state index is 12.7. The first-order chi connectivity index (χ1) is 14.2. The first kappa shape index (κ1) is 21.4. The molecule has 0 radical (unpaired) electrons. The average Bonchev–Trinajstić information content (AvgIpc) is 2.78. The minimum atomic E-state index is 0.0656. The summed E-state index contributed by atoms with van der Waals surface area (Å²) in [6.07, 6.45) is 2.36. The lowest BCUT2D eigenvalue weighted by Gasteiger charge is -2.35. The number of hydrogen-bond donors (Lipinski definition) is 0. The van der Waals surface area contributed by atoms with Crippen LogP contribution in [0.3, 0.4) is 0 Å². The SMILES string of the molecule is CCSCc1ccc(C(=O)N2CCN(C(=O)CCCc3ccccc3)CC2)cc1. The molecule has 2 aromatic rings. The number of piperazine rings is 1. The Kier molecular flexibility index (Phi) is 8.17. The van der Waals surface area contributed by atoms with Gasteiger partial charge in [-0.2, -0.15) is 11.8 Å². The number of aryl methyl sites for hydroxylation is 1. The summed E-state index contributed by atoms with van der Waals surface area (Å²) in [6, 6.07) is 18.2. The van der Waals surface area contributed by atoms with Crippen LogP contribution < -0.4 is 0 Å². The van der Waals surface area contributed by atoms with Crippen molar-refractivity contribution in [1.82, 2.24) is 9.80 Å². The molecule has 5 heteroatoms. The summed E-state index contributed by atoms with van der Waals surface area (Å²) in [5, 5.41) is 0. The number of rotatable bonds is 8. The first-order valence-electron chi connectivity index (χ1n) is 10.4. The Hall–Kier alpha value is -2.27. The van der Waals surface area contributed by atoms with Gasteiger partial charge in [-0.15, -0.1) is 0 Å². The maximum Gasteiger partial charge on any atom is 0.253 e. The van der Waals surface area contributed by atoms with Crippen LogP contribution in [0.4, 0.5) is 0 Å². The summed E-state index contributed by atoms with van der Waals surface area (Å²) in [7, 11) is 0. The lowest BCUT2D eigenvalue weighted by molar-refractivity contribution is -0.132. The summed E-state index contributed by atoms with van der Waals surface area (Å²) < 4.78 is 0. The third kappa shape index (κ3) is 6.36. The van der Waals surface area contributed by atoms with E-state index in [4.69, 9.17) is 0 Å². The fourth-order valence-electron chi connectivity index (χ4n) is 3.55. The van der Waals surface area contributed by atoms with Crippen molar-refractivity contribution in [3.8, 4) is 0 Å². The zero-order valence-electron chi connectivity index (χ0n) is 17.2. The Morgan fingerprint density at radius 2 is 1.52 bits per heavy atom. The van der Waals surface area contributed by atoms with Crippen LogP contribution in [0.1, 0.15) is 41.3 Å². The van der Waals surface area contributed by atoms with Gasteiger partial charge in [0.15, 0.2) is 0 Å². The summed E-state index contributed by atoms with van der Waals surface area (Å²) in [6.45, 7) is 4.62. The van der Waals surface area contributed by atoms with Crippen molar-refractivity contribution in [2.24, 2.45) is 0 Å². The molecule has 0 bridgehead atoms. The second-order valence-corrected chi connectivity index (χ2v) is 8.62. The summed E-state index contributed by atoms with van der Waals surface area (Å²) in [4.78, 5) is 29.0. The van der Waals surface area contributed by atoms with Gasteiger partial charge in [0, 0.05) is 43.9 Å². The van der Waals surface area contributed by atoms with Crippen molar-refractivity contribution in [2.45, 2.75) is 31.9 Å². The molecule has 0 spiro atoms. The monoisotopic (exact) mass is 410 g/mol. The molecule has 2 aromatic carbocycles. The van der Waals surface area contributed by atoms with Crippen molar-refractivity contribution >= 4 is 23.6 Å². The van der Waals surface area contributed by atoms with Crippen molar-refractivity contribution in [1.29, 1.82) is 0 Å². The summed E-state index contributed by atoms with van der Waals surface area (Å²) in [5.41, 5.74) is 3.26. The highest BCUT2D eigenvalue weighted by Gasteiger charge is 2.24. The predicted molar refractivity (Wildman–Crippen MR) is 120 cm³/mol. The second-order valence-electron chi connectivity index (χ2n) is 7.35. The van der Waals surface area contributed by atoms with Gasteiger partial charge < -0.3 is 9.80 Å². The number of benzene rings is 2. The number of amides is 2. The molecule has 0 atom stereocenters. The number of carbonyl (C=O) groups excluding carboxylic acids is 2. The standard InChI is InChI=1S/C24H30N2O2S/c1-2-29-19-21-11-13-22(14-12-21)24(28)26-17-15-25(16-18-26)23(27)10-6-9-20-7-4-3-5-8-20/h3-5,7-8,11-14H,2,6,9-10,15-19H2,1H3. The minimum Gasteiger partial charge on any atom is -0.339 e. The molecular weight excluding hydrogens is 380 g/mol.